The number of nitrogens with zero attached hydrogens (tertiary/aromatic N) is 6. The van der Waals surface area contributed by atoms with Crippen molar-refractivity contribution in [3.05, 3.63) is 40.6 Å². The van der Waals surface area contributed by atoms with Gasteiger partial charge in [-0.05, 0) is 13.0 Å². The van der Waals surface area contributed by atoms with Gasteiger partial charge in [-0.3, -0.25) is 9.69 Å². The Hall–Kier alpha value is -2.48. The quantitative estimate of drug-likeness (QED) is 0.768. The number of ether oxygens (including phenoxy) is 1. The minimum Gasteiger partial charge on any atom is -0.475 e. The van der Waals surface area contributed by atoms with Crippen LogP contribution in [0.15, 0.2) is 29.3 Å². The molecule has 24 heavy (non-hydrogen) atoms. The molecule has 2 aromatic heterocycles. The Morgan fingerprint density at radius 3 is 2.62 bits per heavy atom. The third-order valence-electron chi connectivity index (χ3n) is 4.09. The van der Waals surface area contributed by atoms with Gasteiger partial charge in [0.05, 0.1) is 12.0 Å². The highest BCUT2D eigenvalue weighted by molar-refractivity contribution is 5.37. The molecule has 8 nitrogen and oxygen atoms in total. The first-order chi connectivity index (χ1) is 11.6. The fourth-order valence-electron chi connectivity index (χ4n) is 2.57. The predicted octanol–water partition coefficient (Wildman–Crippen LogP) is 0.0797. The molecule has 0 N–H and O–H groups in total. The lowest BCUT2D eigenvalue weighted by Gasteiger charge is -2.35. The summed E-state index contributed by atoms with van der Waals surface area (Å²) in [5.41, 5.74) is 0.845. The molecule has 0 aliphatic carbocycles. The maximum absolute atomic E-state index is 11.7. The molecule has 0 atom stereocenters. The van der Waals surface area contributed by atoms with E-state index in [0.29, 0.717) is 12.5 Å². The summed E-state index contributed by atoms with van der Waals surface area (Å²) >= 11 is 0. The summed E-state index contributed by atoms with van der Waals surface area (Å²) in [6, 6.07) is 5.31. The Bertz CT molecular complexity index is 722. The van der Waals surface area contributed by atoms with E-state index >= 15 is 0 Å². The van der Waals surface area contributed by atoms with Crippen LogP contribution in [0.1, 0.15) is 5.69 Å². The molecule has 0 aromatic carbocycles. The standard InChI is InChI=1S/C16H22N6O2/c1-13-3-4-15(19-18-13)24-10-9-21-5-7-22(8-6-21)14-11-16(23)20(2)12-17-14/h3-4,11-12H,5-10H2,1-2H3. The Kier molecular flexibility index (Phi) is 5.05. The first kappa shape index (κ1) is 16.4. The smallest absolute Gasteiger partial charge is 0.255 e. The first-order valence-corrected chi connectivity index (χ1v) is 8.05. The zero-order valence-corrected chi connectivity index (χ0v) is 14.1. The largest absolute Gasteiger partial charge is 0.475 e. The lowest BCUT2D eigenvalue weighted by Crippen LogP contribution is -2.48. The molecule has 2 aromatic rings. The monoisotopic (exact) mass is 330 g/mol. The molecule has 128 valence electrons. The van der Waals surface area contributed by atoms with Crippen molar-refractivity contribution in [1.82, 2.24) is 24.6 Å². The summed E-state index contributed by atoms with van der Waals surface area (Å²) in [7, 11) is 1.70. The van der Waals surface area contributed by atoms with Crippen LogP contribution in [0.5, 0.6) is 5.88 Å². The van der Waals surface area contributed by atoms with Crippen LogP contribution in [0.2, 0.25) is 0 Å². The molecular weight excluding hydrogens is 308 g/mol. The molecule has 1 aliphatic heterocycles. The molecule has 0 spiro atoms. The fourth-order valence-corrected chi connectivity index (χ4v) is 2.57. The van der Waals surface area contributed by atoms with Crippen LogP contribution in [-0.4, -0.2) is 64.0 Å². The third-order valence-corrected chi connectivity index (χ3v) is 4.09. The number of aromatic nitrogens is 4. The number of anilines is 1. The summed E-state index contributed by atoms with van der Waals surface area (Å²) in [6.07, 6.45) is 1.57. The van der Waals surface area contributed by atoms with Crippen molar-refractivity contribution in [2.75, 3.05) is 44.2 Å². The number of aryl methyl sites for hydroxylation is 2. The molecule has 3 heterocycles. The summed E-state index contributed by atoms with van der Waals surface area (Å²) in [5, 5.41) is 7.96. The van der Waals surface area contributed by atoms with Crippen LogP contribution in [-0.2, 0) is 7.05 Å². The summed E-state index contributed by atoms with van der Waals surface area (Å²) < 4.78 is 7.10. The van der Waals surface area contributed by atoms with Crippen LogP contribution in [0, 0.1) is 6.92 Å². The molecule has 1 saturated heterocycles. The van der Waals surface area contributed by atoms with Gasteiger partial charge in [-0.15, -0.1) is 5.10 Å². The Morgan fingerprint density at radius 1 is 1.17 bits per heavy atom. The fraction of sp³-hybridized carbons (Fsp3) is 0.500. The molecule has 0 bridgehead atoms. The number of hydrogen-bond acceptors (Lipinski definition) is 7. The van der Waals surface area contributed by atoms with Gasteiger partial charge in [0.15, 0.2) is 0 Å². The van der Waals surface area contributed by atoms with E-state index in [1.54, 1.807) is 19.4 Å². The van der Waals surface area contributed by atoms with Crippen LogP contribution < -0.4 is 15.2 Å². The van der Waals surface area contributed by atoms with E-state index in [2.05, 4.69) is 25.0 Å². The zero-order chi connectivity index (χ0) is 16.9. The number of rotatable bonds is 5. The van der Waals surface area contributed by atoms with Crippen molar-refractivity contribution in [3.8, 4) is 5.88 Å². The van der Waals surface area contributed by atoms with Gasteiger partial charge in [0, 0.05) is 51.9 Å². The van der Waals surface area contributed by atoms with Gasteiger partial charge in [-0.25, -0.2) is 4.98 Å². The van der Waals surface area contributed by atoms with Crippen molar-refractivity contribution in [2.45, 2.75) is 6.92 Å². The van der Waals surface area contributed by atoms with E-state index in [4.69, 9.17) is 4.74 Å². The minimum atomic E-state index is -0.0324. The van der Waals surface area contributed by atoms with Crippen LogP contribution in [0.4, 0.5) is 5.82 Å². The second-order valence-corrected chi connectivity index (χ2v) is 5.89. The Morgan fingerprint density at radius 2 is 1.96 bits per heavy atom. The maximum Gasteiger partial charge on any atom is 0.255 e. The normalized spacial score (nSPS) is 15.5. The van der Waals surface area contributed by atoms with E-state index < -0.39 is 0 Å². The highest BCUT2D eigenvalue weighted by atomic mass is 16.5. The predicted molar refractivity (Wildman–Crippen MR) is 90.4 cm³/mol. The van der Waals surface area contributed by atoms with Crippen LogP contribution >= 0.6 is 0 Å². The van der Waals surface area contributed by atoms with E-state index in [1.165, 1.54) is 4.57 Å². The molecule has 8 heteroatoms. The van der Waals surface area contributed by atoms with Crippen molar-refractivity contribution in [1.29, 1.82) is 0 Å². The van der Waals surface area contributed by atoms with E-state index in [1.807, 2.05) is 19.1 Å². The highest BCUT2D eigenvalue weighted by Gasteiger charge is 2.18. The summed E-state index contributed by atoms with van der Waals surface area (Å²) in [6.45, 7) is 6.86. The van der Waals surface area contributed by atoms with Crippen molar-refractivity contribution < 1.29 is 4.74 Å². The van der Waals surface area contributed by atoms with Crippen LogP contribution in [0.25, 0.3) is 0 Å². The molecule has 0 saturated carbocycles. The average molecular weight is 330 g/mol. The van der Waals surface area contributed by atoms with Gasteiger partial charge in [0.1, 0.15) is 12.4 Å². The van der Waals surface area contributed by atoms with Crippen molar-refractivity contribution >= 4 is 5.82 Å². The Balaban J connectivity index is 1.44. The topological polar surface area (TPSA) is 76.4 Å². The molecule has 1 aliphatic rings. The van der Waals surface area contributed by atoms with Gasteiger partial charge < -0.3 is 14.2 Å². The lowest BCUT2D eigenvalue weighted by molar-refractivity contribution is 0.195. The highest BCUT2D eigenvalue weighted by Crippen LogP contribution is 2.11. The lowest BCUT2D eigenvalue weighted by atomic mass is 10.3. The van der Waals surface area contributed by atoms with Gasteiger partial charge in [0.2, 0.25) is 5.88 Å². The Labute approximate surface area is 140 Å². The van der Waals surface area contributed by atoms with E-state index in [9.17, 15) is 4.79 Å². The summed E-state index contributed by atoms with van der Waals surface area (Å²) in [5.74, 6) is 1.31. The van der Waals surface area contributed by atoms with Gasteiger partial charge in [-0.1, -0.05) is 0 Å². The average Bonchev–Trinajstić information content (AvgIpc) is 2.60. The third kappa shape index (κ3) is 4.08. The molecule has 3 rings (SSSR count). The number of hydrogen-bond donors (Lipinski definition) is 0. The van der Waals surface area contributed by atoms with Gasteiger partial charge >= 0.3 is 0 Å². The minimum absolute atomic E-state index is 0.0324. The summed E-state index contributed by atoms with van der Waals surface area (Å²) in [4.78, 5) is 20.5. The second-order valence-electron chi connectivity index (χ2n) is 5.89. The molecular formula is C16H22N6O2. The van der Waals surface area contributed by atoms with Crippen molar-refractivity contribution in [2.24, 2.45) is 7.05 Å². The van der Waals surface area contributed by atoms with E-state index in [-0.39, 0.29) is 5.56 Å². The SMILES string of the molecule is Cc1ccc(OCCN2CCN(c3cc(=O)n(C)cn3)CC2)nn1. The molecule has 0 unspecified atom stereocenters. The van der Waals surface area contributed by atoms with Crippen molar-refractivity contribution in [3.63, 3.8) is 0 Å². The first-order valence-electron chi connectivity index (χ1n) is 8.05. The second kappa shape index (κ2) is 7.39. The molecule has 0 amide bonds. The van der Waals surface area contributed by atoms with Gasteiger partial charge in [-0.2, -0.15) is 5.10 Å². The molecule has 0 radical (unpaired) electrons. The number of piperazine rings is 1. The maximum atomic E-state index is 11.7. The zero-order valence-electron chi connectivity index (χ0n) is 14.1. The van der Waals surface area contributed by atoms with Crippen LogP contribution in [0.3, 0.4) is 0 Å². The molecule has 1 fully saturated rings. The van der Waals surface area contributed by atoms with Gasteiger partial charge in [0.25, 0.3) is 5.56 Å². The van der Waals surface area contributed by atoms with E-state index in [0.717, 1.165) is 44.2 Å².